The highest BCUT2D eigenvalue weighted by molar-refractivity contribution is 5.92. The number of fused-ring (bicyclic) bond motifs is 2. The third-order valence-corrected chi connectivity index (χ3v) is 8.48. The van der Waals surface area contributed by atoms with E-state index in [2.05, 4.69) is 24.1 Å². The molecule has 5 nitrogen and oxygen atoms in total. The Kier molecular flexibility index (Phi) is 2.35. The summed E-state index contributed by atoms with van der Waals surface area (Å²) in [4.78, 5) is 16.7. The molecule has 5 heteroatoms. The smallest absolute Gasteiger partial charge is 0.271 e. The second-order valence-electron chi connectivity index (χ2n) is 9.31. The predicted octanol–water partition coefficient (Wildman–Crippen LogP) is 1.70. The Morgan fingerprint density at radius 1 is 1.29 bits per heavy atom. The maximum atomic E-state index is 12.5. The lowest BCUT2D eigenvalue weighted by Gasteiger charge is -2.51. The van der Waals surface area contributed by atoms with Crippen molar-refractivity contribution in [2.45, 2.75) is 38.3 Å². The lowest BCUT2D eigenvalue weighted by molar-refractivity contribution is -0.126. The van der Waals surface area contributed by atoms with Crippen LogP contribution in [0.25, 0.3) is 0 Å². The first kappa shape index (κ1) is 13.9. The molecule has 5 aliphatic rings. The van der Waals surface area contributed by atoms with E-state index in [0.717, 1.165) is 35.5 Å². The van der Waals surface area contributed by atoms with Crippen molar-refractivity contribution in [1.82, 2.24) is 14.9 Å². The van der Waals surface area contributed by atoms with Crippen LogP contribution in [-0.4, -0.2) is 32.7 Å². The maximum Gasteiger partial charge on any atom is 0.271 e. The van der Waals surface area contributed by atoms with Crippen LogP contribution in [0.4, 0.5) is 0 Å². The van der Waals surface area contributed by atoms with Gasteiger partial charge >= 0.3 is 0 Å². The molecule has 1 aromatic rings. The molecule has 1 amide bonds. The lowest BCUT2D eigenvalue weighted by Crippen LogP contribution is -2.59. The Labute approximate surface area is 141 Å². The molecule has 24 heavy (non-hydrogen) atoms. The van der Waals surface area contributed by atoms with Crippen LogP contribution in [0.1, 0.15) is 43.2 Å². The van der Waals surface area contributed by atoms with E-state index in [0.29, 0.717) is 30.1 Å². The van der Waals surface area contributed by atoms with E-state index in [1.165, 1.54) is 12.8 Å². The number of hydrogen-bond acceptors (Lipinski definition) is 3. The van der Waals surface area contributed by atoms with E-state index in [9.17, 15) is 9.90 Å². The molecule has 5 fully saturated rings. The second-order valence-corrected chi connectivity index (χ2v) is 9.31. The number of imidazole rings is 1. The van der Waals surface area contributed by atoms with Crippen molar-refractivity contribution in [2.24, 2.45) is 47.3 Å². The number of carbonyl (C=O) groups excluding carboxylic acids is 1. The Hall–Kier alpha value is -1.36. The van der Waals surface area contributed by atoms with E-state index in [-0.39, 0.29) is 5.91 Å². The number of rotatable bonds is 4. The minimum absolute atomic E-state index is 0.152. The third-order valence-electron chi connectivity index (χ3n) is 8.48. The van der Waals surface area contributed by atoms with Crippen molar-refractivity contribution < 1.29 is 9.90 Å². The molecule has 0 radical (unpaired) electrons. The zero-order valence-electron chi connectivity index (χ0n) is 14.2. The summed E-state index contributed by atoms with van der Waals surface area (Å²) in [6, 6.07) is 0.295. The van der Waals surface area contributed by atoms with Crippen molar-refractivity contribution in [3.8, 4) is 0 Å². The fourth-order valence-electron chi connectivity index (χ4n) is 8.01. The van der Waals surface area contributed by atoms with E-state index < -0.39 is 5.60 Å². The summed E-state index contributed by atoms with van der Waals surface area (Å²) >= 11 is 0. The molecular weight excluding hydrogens is 302 g/mol. The summed E-state index contributed by atoms with van der Waals surface area (Å²) in [6.07, 6.45) is 6.21. The highest BCUT2D eigenvalue weighted by atomic mass is 16.3. The van der Waals surface area contributed by atoms with Crippen molar-refractivity contribution in [1.29, 1.82) is 0 Å². The predicted molar refractivity (Wildman–Crippen MR) is 87.0 cm³/mol. The number of aromatic nitrogens is 2. The molecule has 9 atom stereocenters. The van der Waals surface area contributed by atoms with E-state index in [1.54, 1.807) is 12.5 Å². The van der Waals surface area contributed by atoms with Gasteiger partial charge in [-0.15, -0.1) is 0 Å². The summed E-state index contributed by atoms with van der Waals surface area (Å²) in [5.41, 5.74) is -0.199. The Bertz CT molecular complexity index is 737. The number of carbonyl (C=O) groups is 1. The minimum Gasteiger partial charge on any atom is -0.387 e. The molecule has 2 N–H and O–H groups in total. The van der Waals surface area contributed by atoms with Gasteiger partial charge in [-0.05, 0) is 74.0 Å². The largest absolute Gasteiger partial charge is 0.387 e. The molecule has 0 aliphatic heterocycles. The normalized spacial score (nSPS) is 51.7. The lowest BCUT2D eigenvalue weighted by atomic mass is 9.56. The first-order chi connectivity index (χ1) is 11.5. The van der Waals surface area contributed by atoms with Crippen LogP contribution < -0.4 is 5.32 Å². The van der Waals surface area contributed by atoms with Crippen LogP contribution in [0.5, 0.6) is 0 Å². The molecule has 128 valence electrons. The molecule has 6 rings (SSSR count). The molecule has 0 aromatic carbocycles. The number of nitrogens with zero attached hydrogens (tertiary/aromatic N) is 2. The van der Waals surface area contributed by atoms with Gasteiger partial charge < -0.3 is 15.0 Å². The SMILES string of the molecule is CC(C)n1cnc(C(=O)NC[C@]2(O)[C@@H]3[C@@H]4C[C@@H]5[C@@H]6[C@H]4C[C@H]3[C@H]6[C@@H]52)c1. The summed E-state index contributed by atoms with van der Waals surface area (Å²) in [6.45, 7) is 4.54. The topological polar surface area (TPSA) is 67.2 Å². The van der Waals surface area contributed by atoms with Gasteiger partial charge in [0.15, 0.2) is 0 Å². The minimum atomic E-state index is -0.652. The average Bonchev–Trinajstić information content (AvgIpc) is 3.20. The fraction of sp³-hybridized carbons (Fsp3) is 0.789. The summed E-state index contributed by atoms with van der Waals surface area (Å²) in [5.74, 6) is 5.57. The van der Waals surface area contributed by atoms with Crippen LogP contribution in [0.2, 0.25) is 0 Å². The second kappa shape index (κ2) is 4.06. The highest BCUT2D eigenvalue weighted by Gasteiger charge is 2.84. The summed E-state index contributed by atoms with van der Waals surface area (Å²) in [5, 5.41) is 14.5. The van der Waals surface area contributed by atoms with E-state index >= 15 is 0 Å². The zero-order chi connectivity index (χ0) is 16.4. The zero-order valence-corrected chi connectivity index (χ0v) is 14.2. The molecule has 0 spiro atoms. The van der Waals surface area contributed by atoms with Gasteiger partial charge in [0.2, 0.25) is 0 Å². The van der Waals surface area contributed by atoms with Gasteiger partial charge in [-0.3, -0.25) is 4.79 Å². The number of amides is 1. The van der Waals surface area contributed by atoms with Crippen molar-refractivity contribution in [2.75, 3.05) is 6.54 Å². The Morgan fingerprint density at radius 2 is 2.04 bits per heavy atom. The van der Waals surface area contributed by atoms with Gasteiger partial charge in [0, 0.05) is 18.8 Å². The van der Waals surface area contributed by atoms with Gasteiger partial charge in [-0.1, -0.05) is 0 Å². The monoisotopic (exact) mass is 327 g/mol. The first-order valence-corrected chi connectivity index (χ1v) is 9.54. The molecule has 1 heterocycles. The van der Waals surface area contributed by atoms with E-state index in [1.807, 2.05) is 4.57 Å². The molecule has 5 aliphatic carbocycles. The molecule has 0 saturated heterocycles. The van der Waals surface area contributed by atoms with Crippen LogP contribution in [0.15, 0.2) is 12.5 Å². The third kappa shape index (κ3) is 1.32. The standard InChI is InChI=1S/C19H25N3O2/c1-8(2)22-5-13(21-7-22)18(23)20-6-19(24)16-10-4-11-14-9(10)3-12(16)15(14)17(11)19/h5,7-12,14-17,24H,3-4,6H2,1-2H3,(H,20,23)/t9-,10+,11+,12-,14-,15+,16+,17+,19-/m0/s1. The molecular formula is C19H25N3O2. The Morgan fingerprint density at radius 3 is 2.79 bits per heavy atom. The van der Waals surface area contributed by atoms with Crippen molar-refractivity contribution in [3.63, 3.8) is 0 Å². The highest BCUT2D eigenvalue weighted by Crippen LogP contribution is 2.85. The van der Waals surface area contributed by atoms with Crippen LogP contribution in [0, 0.1) is 47.3 Å². The first-order valence-electron chi connectivity index (χ1n) is 9.54. The summed E-state index contributed by atoms with van der Waals surface area (Å²) < 4.78 is 1.94. The number of hydrogen-bond donors (Lipinski definition) is 2. The average molecular weight is 327 g/mol. The fourth-order valence-corrected chi connectivity index (χ4v) is 8.01. The van der Waals surface area contributed by atoms with Gasteiger partial charge in [0.05, 0.1) is 11.9 Å². The molecule has 5 saturated carbocycles. The van der Waals surface area contributed by atoms with Gasteiger partial charge in [0.1, 0.15) is 5.69 Å². The van der Waals surface area contributed by atoms with Crippen LogP contribution in [0.3, 0.4) is 0 Å². The summed E-state index contributed by atoms with van der Waals surface area (Å²) in [7, 11) is 0. The number of aliphatic hydroxyl groups is 1. The molecule has 0 unspecified atom stereocenters. The van der Waals surface area contributed by atoms with Gasteiger partial charge in [-0.2, -0.15) is 0 Å². The van der Waals surface area contributed by atoms with E-state index in [4.69, 9.17) is 0 Å². The van der Waals surface area contributed by atoms with Crippen molar-refractivity contribution >= 4 is 5.91 Å². The Balaban J connectivity index is 1.22. The molecule has 2 bridgehead atoms. The maximum absolute atomic E-state index is 12.5. The van der Waals surface area contributed by atoms with Gasteiger partial charge in [-0.25, -0.2) is 4.98 Å². The van der Waals surface area contributed by atoms with Crippen molar-refractivity contribution in [3.05, 3.63) is 18.2 Å². The molecule has 1 aromatic heterocycles. The van der Waals surface area contributed by atoms with Crippen LogP contribution in [-0.2, 0) is 0 Å². The quantitative estimate of drug-likeness (QED) is 0.884. The van der Waals surface area contributed by atoms with Gasteiger partial charge in [0.25, 0.3) is 5.91 Å². The number of nitrogens with one attached hydrogen (secondary N) is 1. The van der Waals surface area contributed by atoms with Crippen LogP contribution >= 0.6 is 0 Å².